The highest BCUT2D eigenvalue weighted by Gasteiger charge is 2.53. The van der Waals surface area contributed by atoms with Gasteiger partial charge in [-0.05, 0) is 40.0 Å². The number of carbonyl (C=O) groups is 2. The van der Waals surface area contributed by atoms with E-state index in [9.17, 15) is 9.59 Å². The number of piperazine rings is 1. The third kappa shape index (κ3) is 2.37. The number of nitrogens with one attached hydrogen (secondary N) is 1. The van der Waals surface area contributed by atoms with E-state index in [0.29, 0.717) is 6.42 Å². The zero-order valence-corrected chi connectivity index (χ0v) is 12.6. The van der Waals surface area contributed by atoms with Crippen molar-refractivity contribution in [3.05, 3.63) is 0 Å². The Hall–Kier alpha value is -1.06. The Morgan fingerprint density at radius 2 is 1.79 bits per heavy atom. The highest BCUT2D eigenvalue weighted by molar-refractivity contribution is 6.00. The predicted octanol–water partition coefficient (Wildman–Crippen LogP) is 2.22. The molecule has 1 saturated heterocycles. The summed E-state index contributed by atoms with van der Waals surface area (Å²) >= 11 is 0. The van der Waals surface area contributed by atoms with E-state index in [1.807, 2.05) is 32.6 Å². The molecule has 1 aliphatic heterocycles. The summed E-state index contributed by atoms with van der Waals surface area (Å²) < 4.78 is 0. The van der Waals surface area contributed by atoms with Crippen molar-refractivity contribution in [2.24, 2.45) is 0 Å². The van der Waals surface area contributed by atoms with Gasteiger partial charge in [-0.15, -0.1) is 0 Å². The smallest absolute Gasteiger partial charge is 0.249 e. The van der Waals surface area contributed by atoms with Crippen molar-refractivity contribution in [2.45, 2.75) is 83.3 Å². The zero-order chi connectivity index (χ0) is 14.3. The van der Waals surface area contributed by atoms with Crippen LogP contribution in [0.2, 0.25) is 0 Å². The molecular weight excluding hydrogens is 240 g/mol. The van der Waals surface area contributed by atoms with E-state index in [1.54, 1.807) is 0 Å². The average Bonchev–Trinajstić information content (AvgIpc) is 2.33. The first-order chi connectivity index (χ1) is 8.82. The van der Waals surface area contributed by atoms with Gasteiger partial charge in [-0.25, -0.2) is 0 Å². The Bertz CT molecular complexity index is 378. The molecule has 4 nitrogen and oxygen atoms in total. The van der Waals surface area contributed by atoms with Gasteiger partial charge in [-0.1, -0.05) is 26.2 Å². The van der Waals surface area contributed by atoms with E-state index in [0.717, 1.165) is 32.1 Å². The molecule has 0 aromatic heterocycles. The number of carbonyl (C=O) groups excluding carboxylic acids is 2. The van der Waals surface area contributed by atoms with Crippen LogP contribution in [0.4, 0.5) is 0 Å². The van der Waals surface area contributed by atoms with Gasteiger partial charge < -0.3 is 10.2 Å². The highest BCUT2D eigenvalue weighted by atomic mass is 16.2. The number of hydrogen-bond acceptors (Lipinski definition) is 2. The summed E-state index contributed by atoms with van der Waals surface area (Å²) in [4.78, 5) is 27.2. The van der Waals surface area contributed by atoms with Crippen LogP contribution in [0.15, 0.2) is 0 Å². The lowest BCUT2D eigenvalue weighted by Gasteiger charge is -2.52. The first-order valence-electron chi connectivity index (χ1n) is 7.47. The van der Waals surface area contributed by atoms with Crippen LogP contribution in [0, 0.1) is 0 Å². The fourth-order valence-electron chi connectivity index (χ4n) is 3.50. The minimum absolute atomic E-state index is 0.0268. The van der Waals surface area contributed by atoms with Crippen LogP contribution in [-0.2, 0) is 9.59 Å². The van der Waals surface area contributed by atoms with Crippen molar-refractivity contribution in [1.29, 1.82) is 0 Å². The van der Waals surface area contributed by atoms with Crippen LogP contribution in [0.5, 0.6) is 0 Å². The van der Waals surface area contributed by atoms with Crippen LogP contribution in [0.3, 0.4) is 0 Å². The molecule has 0 radical (unpaired) electrons. The summed E-state index contributed by atoms with van der Waals surface area (Å²) in [5, 5.41) is 3.05. The predicted molar refractivity (Wildman–Crippen MR) is 74.6 cm³/mol. The van der Waals surface area contributed by atoms with Gasteiger partial charge in [0.2, 0.25) is 11.8 Å². The van der Waals surface area contributed by atoms with Crippen LogP contribution in [0.25, 0.3) is 0 Å². The Morgan fingerprint density at radius 1 is 1.21 bits per heavy atom. The normalized spacial score (nSPS) is 27.6. The molecule has 1 spiro atoms. The second kappa shape index (κ2) is 4.80. The Balaban J connectivity index is 2.37. The lowest BCUT2D eigenvalue weighted by Crippen LogP contribution is -2.73. The van der Waals surface area contributed by atoms with Crippen molar-refractivity contribution < 1.29 is 9.59 Å². The third-order valence-electron chi connectivity index (χ3n) is 4.42. The van der Waals surface area contributed by atoms with Gasteiger partial charge in [0.15, 0.2) is 0 Å². The quantitative estimate of drug-likeness (QED) is 0.791. The van der Waals surface area contributed by atoms with Gasteiger partial charge in [0.05, 0.1) is 0 Å². The van der Waals surface area contributed by atoms with Crippen LogP contribution in [-0.4, -0.2) is 33.8 Å². The first kappa shape index (κ1) is 14.4. The molecule has 1 aliphatic carbocycles. The van der Waals surface area contributed by atoms with Crippen molar-refractivity contribution in [3.8, 4) is 0 Å². The molecule has 4 heteroatoms. The van der Waals surface area contributed by atoms with E-state index in [-0.39, 0.29) is 23.4 Å². The number of amides is 2. The fourth-order valence-corrected chi connectivity index (χ4v) is 3.50. The molecular formula is C15H26N2O2. The summed E-state index contributed by atoms with van der Waals surface area (Å²) in [6.45, 7) is 8.02. The van der Waals surface area contributed by atoms with E-state index in [2.05, 4.69) is 5.32 Å². The first-order valence-corrected chi connectivity index (χ1v) is 7.47. The third-order valence-corrected chi connectivity index (χ3v) is 4.42. The SMILES string of the molecule is CCC1C(=O)NC2(CCCCC2)C(=O)N1C(C)(C)C. The molecule has 108 valence electrons. The molecule has 1 heterocycles. The topological polar surface area (TPSA) is 49.4 Å². The average molecular weight is 266 g/mol. The molecule has 0 aromatic rings. The standard InChI is InChI=1S/C15H26N2O2/c1-5-11-12(18)16-15(9-7-6-8-10-15)13(19)17(11)14(2,3)4/h11H,5-10H2,1-4H3,(H,16,18). The molecule has 1 N–H and O–H groups in total. The molecule has 2 fully saturated rings. The molecule has 0 bridgehead atoms. The van der Waals surface area contributed by atoms with Crippen molar-refractivity contribution in [3.63, 3.8) is 0 Å². The molecule has 1 unspecified atom stereocenters. The highest BCUT2D eigenvalue weighted by Crippen LogP contribution is 2.36. The summed E-state index contributed by atoms with van der Waals surface area (Å²) in [6, 6.07) is -0.319. The van der Waals surface area contributed by atoms with E-state index in [1.165, 1.54) is 0 Å². The van der Waals surface area contributed by atoms with Gasteiger partial charge in [0.1, 0.15) is 11.6 Å². The van der Waals surface area contributed by atoms with Crippen molar-refractivity contribution in [1.82, 2.24) is 10.2 Å². The number of nitrogens with zero attached hydrogens (tertiary/aromatic N) is 1. The molecule has 1 saturated carbocycles. The van der Waals surface area contributed by atoms with Gasteiger partial charge in [-0.3, -0.25) is 9.59 Å². The number of rotatable bonds is 1. The fraction of sp³-hybridized carbons (Fsp3) is 0.867. The maximum absolute atomic E-state index is 13.0. The van der Waals surface area contributed by atoms with Gasteiger partial charge in [0, 0.05) is 5.54 Å². The summed E-state index contributed by atoms with van der Waals surface area (Å²) in [5.74, 6) is 0.157. The summed E-state index contributed by atoms with van der Waals surface area (Å²) in [6.07, 6.45) is 5.48. The maximum Gasteiger partial charge on any atom is 0.249 e. The van der Waals surface area contributed by atoms with Gasteiger partial charge >= 0.3 is 0 Å². The van der Waals surface area contributed by atoms with Crippen LogP contribution in [0.1, 0.15) is 66.2 Å². The lowest BCUT2D eigenvalue weighted by molar-refractivity contribution is -0.163. The lowest BCUT2D eigenvalue weighted by atomic mass is 9.77. The van der Waals surface area contributed by atoms with Crippen molar-refractivity contribution in [2.75, 3.05) is 0 Å². The Labute approximate surface area is 115 Å². The Kier molecular flexibility index (Phi) is 3.63. The van der Waals surface area contributed by atoms with Crippen molar-refractivity contribution >= 4 is 11.8 Å². The van der Waals surface area contributed by atoms with E-state index < -0.39 is 5.54 Å². The van der Waals surface area contributed by atoms with Crippen LogP contribution < -0.4 is 5.32 Å². The minimum Gasteiger partial charge on any atom is -0.340 e. The monoisotopic (exact) mass is 266 g/mol. The number of hydrogen-bond donors (Lipinski definition) is 1. The summed E-state index contributed by atoms with van der Waals surface area (Å²) in [7, 11) is 0. The molecule has 2 aliphatic rings. The molecule has 1 atom stereocenters. The second-order valence-electron chi connectivity index (χ2n) is 6.90. The summed E-state index contributed by atoms with van der Waals surface area (Å²) in [5.41, 5.74) is -0.922. The zero-order valence-electron chi connectivity index (χ0n) is 12.6. The maximum atomic E-state index is 13.0. The molecule has 2 amide bonds. The Morgan fingerprint density at radius 3 is 2.26 bits per heavy atom. The van der Waals surface area contributed by atoms with Crippen LogP contribution >= 0.6 is 0 Å². The van der Waals surface area contributed by atoms with Gasteiger partial charge in [0.25, 0.3) is 0 Å². The molecule has 2 rings (SSSR count). The minimum atomic E-state index is -0.617. The van der Waals surface area contributed by atoms with E-state index in [4.69, 9.17) is 0 Å². The van der Waals surface area contributed by atoms with Gasteiger partial charge in [-0.2, -0.15) is 0 Å². The molecule has 19 heavy (non-hydrogen) atoms. The molecule has 0 aromatic carbocycles. The van der Waals surface area contributed by atoms with E-state index >= 15 is 0 Å². The largest absolute Gasteiger partial charge is 0.340 e. The second-order valence-corrected chi connectivity index (χ2v) is 6.90.